The van der Waals surface area contributed by atoms with Crippen LogP contribution in [-0.2, 0) is 10.9 Å². The lowest BCUT2D eigenvalue weighted by atomic mass is 9.98. The average Bonchev–Trinajstić information content (AvgIpc) is 3.14. The van der Waals surface area contributed by atoms with E-state index < -0.39 is 36.6 Å². The molecule has 1 aliphatic carbocycles. The highest BCUT2D eigenvalue weighted by atomic mass is 19.4. The van der Waals surface area contributed by atoms with Gasteiger partial charge in [-0.2, -0.15) is 13.2 Å². The lowest BCUT2D eigenvalue weighted by molar-refractivity contribution is -0.137. The van der Waals surface area contributed by atoms with Crippen LogP contribution in [0.5, 0.6) is 0 Å². The minimum Gasteiger partial charge on any atom is -0.449 e. The standard InChI is InChI=1S/C25H22F3NO4/c26-25(27,28)16-7-5-6-15(12-16)23(31)22(30)13-29-24(32)33-14-21-19-10-3-1-8-17(19)18-9-2-4-11-20(18)21/h1-12,21-23,30-31H,13-14H2,(H,29,32). The monoisotopic (exact) mass is 457 g/mol. The Labute approximate surface area is 188 Å². The number of nitrogens with one attached hydrogen (secondary N) is 1. The summed E-state index contributed by atoms with van der Waals surface area (Å²) in [5.41, 5.74) is 3.23. The summed E-state index contributed by atoms with van der Waals surface area (Å²) in [7, 11) is 0. The van der Waals surface area contributed by atoms with Gasteiger partial charge in [0.15, 0.2) is 0 Å². The van der Waals surface area contributed by atoms with E-state index in [2.05, 4.69) is 5.32 Å². The van der Waals surface area contributed by atoms with E-state index in [4.69, 9.17) is 4.74 Å². The molecule has 1 aliphatic rings. The van der Waals surface area contributed by atoms with Crippen LogP contribution in [0.25, 0.3) is 11.1 Å². The zero-order valence-electron chi connectivity index (χ0n) is 17.4. The summed E-state index contributed by atoms with van der Waals surface area (Å²) in [5.74, 6) is -0.135. The molecule has 0 heterocycles. The van der Waals surface area contributed by atoms with E-state index in [0.717, 1.165) is 40.5 Å². The number of alkyl carbamates (subject to hydrolysis) is 1. The van der Waals surface area contributed by atoms with Crippen molar-refractivity contribution >= 4 is 6.09 Å². The first-order chi connectivity index (χ1) is 15.8. The number of fused-ring (bicyclic) bond motifs is 3. The number of ether oxygens (including phenoxy) is 1. The fourth-order valence-corrected chi connectivity index (χ4v) is 4.07. The molecule has 3 aromatic rings. The zero-order valence-corrected chi connectivity index (χ0v) is 17.4. The van der Waals surface area contributed by atoms with E-state index >= 15 is 0 Å². The Balaban J connectivity index is 1.34. The van der Waals surface area contributed by atoms with Crippen LogP contribution in [0.15, 0.2) is 72.8 Å². The van der Waals surface area contributed by atoms with Crippen LogP contribution in [0.4, 0.5) is 18.0 Å². The van der Waals surface area contributed by atoms with Gasteiger partial charge in [0, 0.05) is 12.5 Å². The van der Waals surface area contributed by atoms with Crippen molar-refractivity contribution in [2.75, 3.05) is 13.2 Å². The third-order valence-corrected chi connectivity index (χ3v) is 5.72. The number of amides is 1. The van der Waals surface area contributed by atoms with Gasteiger partial charge < -0.3 is 20.3 Å². The number of halogens is 3. The first kappa shape index (κ1) is 22.8. The number of hydrogen-bond acceptors (Lipinski definition) is 4. The minimum absolute atomic E-state index is 0.0755. The van der Waals surface area contributed by atoms with Crippen LogP contribution in [-0.4, -0.2) is 35.6 Å². The molecule has 3 aromatic carbocycles. The summed E-state index contributed by atoms with van der Waals surface area (Å²) in [5, 5.41) is 22.7. The zero-order chi connectivity index (χ0) is 23.6. The number of aliphatic hydroxyl groups excluding tert-OH is 2. The number of carbonyl (C=O) groups is 1. The van der Waals surface area contributed by atoms with E-state index in [1.165, 1.54) is 6.07 Å². The summed E-state index contributed by atoms with van der Waals surface area (Å²) >= 11 is 0. The quantitative estimate of drug-likeness (QED) is 0.504. The van der Waals surface area contributed by atoms with Crippen LogP contribution in [0.1, 0.15) is 34.3 Å². The molecule has 0 fully saturated rings. The highest BCUT2D eigenvalue weighted by molar-refractivity contribution is 5.79. The van der Waals surface area contributed by atoms with Gasteiger partial charge in [0.1, 0.15) is 18.8 Å². The highest BCUT2D eigenvalue weighted by Gasteiger charge is 2.32. The number of rotatable bonds is 6. The molecule has 0 bridgehead atoms. The van der Waals surface area contributed by atoms with Crippen molar-refractivity contribution < 1.29 is 32.9 Å². The Bertz CT molecular complexity index is 1100. The van der Waals surface area contributed by atoms with Gasteiger partial charge in [0.25, 0.3) is 0 Å². The fourth-order valence-electron chi connectivity index (χ4n) is 4.07. The van der Waals surface area contributed by atoms with E-state index in [-0.39, 0.29) is 18.1 Å². The molecule has 0 saturated carbocycles. The summed E-state index contributed by atoms with van der Waals surface area (Å²) in [6.07, 6.45) is -8.50. The normalized spacial score (nSPS) is 14.8. The summed E-state index contributed by atoms with van der Waals surface area (Å²) in [4.78, 5) is 12.2. The van der Waals surface area contributed by atoms with E-state index in [9.17, 15) is 28.2 Å². The molecular formula is C25H22F3NO4. The maximum Gasteiger partial charge on any atom is 0.416 e. The summed E-state index contributed by atoms with van der Waals surface area (Å²) < 4.78 is 43.9. The molecule has 0 radical (unpaired) electrons. The molecule has 172 valence electrons. The molecule has 0 spiro atoms. The van der Waals surface area contributed by atoms with Gasteiger partial charge in [0.2, 0.25) is 0 Å². The number of alkyl halides is 3. The number of carbonyl (C=O) groups excluding carboxylic acids is 1. The Hall–Kier alpha value is -3.36. The fraction of sp³-hybridized carbons (Fsp3) is 0.240. The van der Waals surface area contributed by atoms with Crippen molar-refractivity contribution in [3.63, 3.8) is 0 Å². The molecule has 0 aliphatic heterocycles. The molecule has 0 aromatic heterocycles. The van der Waals surface area contributed by atoms with Gasteiger partial charge in [-0.05, 0) is 39.9 Å². The smallest absolute Gasteiger partial charge is 0.416 e. The Morgan fingerprint density at radius 3 is 2.15 bits per heavy atom. The molecule has 5 nitrogen and oxygen atoms in total. The second-order valence-corrected chi connectivity index (χ2v) is 7.84. The Kier molecular flexibility index (Phi) is 6.40. The summed E-state index contributed by atoms with van der Waals surface area (Å²) in [6.45, 7) is -0.319. The van der Waals surface area contributed by atoms with Crippen molar-refractivity contribution in [1.29, 1.82) is 0 Å². The Morgan fingerprint density at radius 1 is 0.939 bits per heavy atom. The maximum atomic E-state index is 12.9. The molecule has 4 rings (SSSR count). The van der Waals surface area contributed by atoms with E-state index in [0.29, 0.717) is 0 Å². The van der Waals surface area contributed by atoms with Gasteiger partial charge in [-0.1, -0.05) is 60.7 Å². The largest absolute Gasteiger partial charge is 0.449 e. The van der Waals surface area contributed by atoms with Gasteiger partial charge in [0.05, 0.1) is 5.56 Å². The molecule has 1 amide bonds. The third-order valence-electron chi connectivity index (χ3n) is 5.72. The van der Waals surface area contributed by atoms with Crippen molar-refractivity contribution in [3.05, 3.63) is 95.1 Å². The lowest BCUT2D eigenvalue weighted by Gasteiger charge is -2.20. The molecule has 0 saturated heterocycles. The highest BCUT2D eigenvalue weighted by Crippen LogP contribution is 2.44. The second-order valence-electron chi connectivity index (χ2n) is 7.84. The molecule has 2 atom stereocenters. The van der Waals surface area contributed by atoms with Crippen LogP contribution in [0, 0.1) is 0 Å². The van der Waals surface area contributed by atoms with Gasteiger partial charge in [-0.3, -0.25) is 0 Å². The van der Waals surface area contributed by atoms with Gasteiger partial charge in [-0.25, -0.2) is 4.79 Å². The average molecular weight is 457 g/mol. The van der Waals surface area contributed by atoms with E-state index in [1.54, 1.807) is 0 Å². The minimum atomic E-state index is -4.57. The van der Waals surface area contributed by atoms with Crippen LogP contribution in [0.3, 0.4) is 0 Å². The summed E-state index contributed by atoms with van der Waals surface area (Å²) in [6, 6.07) is 19.8. The molecule has 8 heteroatoms. The first-order valence-electron chi connectivity index (χ1n) is 10.4. The molecular weight excluding hydrogens is 435 g/mol. The van der Waals surface area contributed by atoms with E-state index in [1.807, 2.05) is 48.5 Å². The van der Waals surface area contributed by atoms with Crippen LogP contribution >= 0.6 is 0 Å². The van der Waals surface area contributed by atoms with Gasteiger partial charge in [-0.15, -0.1) is 0 Å². The molecule has 33 heavy (non-hydrogen) atoms. The molecule has 3 N–H and O–H groups in total. The molecule has 2 unspecified atom stereocenters. The maximum absolute atomic E-state index is 12.9. The second kappa shape index (κ2) is 9.25. The SMILES string of the molecule is O=C(NCC(O)C(O)c1cccc(C(F)(F)F)c1)OCC1c2ccccc2-c2ccccc21. The Morgan fingerprint density at radius 2 is 1.55 bits per heavy atom. The van der Waals surface area contributed by atoms with Crippen molar-refractivity contribution in [3.8, 4) is 11.1 Å². The number of aliphatic hydroxyl groups is 2. The predicted octanol–water partition coefficient (Wildman–Crippen LogP) is 4.64. The van der Waals surface area contributed by atoms with Crippen LogP contribution < -0.4 is 5.32 Å². The van der Waals surface area contributed by atoms with Crippen molar-refractivity contribution in [2.45, 2.75) is 24.3 Å². The van der Waals surface area contributed by atoms with Crippen LogP contribution in [0.2, 0.25) is 0 Å². The number of hydrogen-bond donors (Lipinski definition) is 3. The number of benzene rings is 3. The van der Waals surface area contributed by atoms with Crippen molar-refractivity contribution in [2.24, 2.45) is 0 Å². The topological polar surface area (TPSA) is 78.8 Å². The van der Waals surface area contributed by atoms with Gasteiger partial charge >= 0.3 is 12.3 Å². The van der Waals surface area contributed by atoms with Crippen molar-refractivity contribution in [1.82, 2.24) is 5.32 Å². The lowest BCUT2D eigenvalue weighted by Crippen LogP contribution is -2.36. The third kappa shape index (κ3) is 4.86. The first-order valence-corrected chi connectivity index (χ1v) is 10.4. The predicted molar refractivity (Wildman–Crippen MR) is 115 cm³/mol.